The zero-order chi connectivity index (χ0) is 33.9. The molecule has 1 aliphatic heterocycles. The molecule has 13 heteroatoms. The van der Waals surface area contributed by atoms with Gasteiger partial charge in [0.1, 0.15) is 11.8 Å². The number of nitrogens with zero attached hydrogens (tertiary/aromatic N) is 2. The first-order valence-corrected chi connectivity index (χ1v) is 14.9. The van der Waals surface area contributed by atoms with Crippen molar-refractivity contribution in [2.45, 2.75) is 38.7 Å². The van der Waals surface area contributed by atoms with Crippen LogP contribution in [0.5, 0.6) is 5.75 Å². The molecular formula is C35H34ClF3N4O5. The number of alkyl halides is 3. The molecular weight excluding hydrogens is 649 g/mol. The molecule has 5 rings (SSSR count). The molecule has 0 fully saturated rings. The van der Waals surface area contributed by atoms with Crippen LogP contribution in [0.2, 0.25) is 0 Å². The van der Waals surface area contributed by atoms with Crippen LogP contribution in [0.25, 0.3) is 10.8 Å². The zero-order valence-corrected chi connectivity index (χ0v) is 27.2. The average molecular weight is 683 g/mol. The summed E-state index contributed by atoms with van der Waals surface area (Å²) in [6, 6.07) is 21.0. The summed E-state index contributed by atoms with van der Waals surface area (Å²) >= 11 is 0. The van der Waals surface area contributed by atoms with Gasteiger partial charge in [0.15, 0.2) is 12.4 Å². The van der Waals surface area contributed by atoms with E-state index in [2.05, 4.69) is 10.6 Å². The molecule has 0 bridgehead atoms. The van der Waals surface area contributed by atoms with Gasteiger partial charge in [-0.15, -0.1) is 12.4 Å². The molecule has 4 aromatic rings. The number of Topliss-reactive ketones (excluding diaryl/α,β-unsaturated/α-hetero) is 1. The number of hydrogen-bond acceptors (Lipinski definition) is 6. The molecule has 48 heavy (non-hydrogen) atoms. The Labute approximate surface area is 281 Å². The number of carbonyl (C=O) groups is 4. The van der Waals surface area contributed by atoms with Crippen LogP contribution in [0.15, 0.2) is 84.9 Å². The number of benzene rings is 4. The Morgan fingerprint density at radius 3 is 2.19 bits per heavy atom. The van der Waals surface area contributed by atoms with Gasteiger partial charge in [0.2, 0.25) is 5.91 Å². The van der Waals surface area contributed by atoms with Crippen LogP contribution in [-0.4, -0.2) is 62.0 Å². The second-order valence-corrected chi connectivity index (χ2v) is 11.2. The molecule has 9 nitrogen and oxygen atoms in total. The van der Waals surface area contributed by atoms with E-state index in [0.717, 1.165) is 5.39 Å². The quantitative estimate of drug-likeness (QED) is 0.220. The van der Waals surface area contributed by atoms with Crippen molar-refractivity contribution in [3.63, 3.8) is 0 Å². The van der Waals surface area contributed by atoms with Crippen molar-refractivity contribution in [2.24, 2.45) is 0 Å². The fourth-order valence-corrected chi connectivity index (χ4v) is 5.41. The molecule has 2 N–H and O–H groups in total. The smallest absolute Gasteiger partial charge is 0.422 e. The van der Waals surface area contributed by atoms with E-state index in [-0.39, 0.29) is 42.6 Å². The van der Waals surface area contributed by atoms with Crippen molar-refractivity contribution >= 4 is 58.1 Å². The lowest BCUT2D eigenvalue weighted by Gasteiger charge is -2.27. The van der Waals surface area contributed by atoms with Crippen molar-refractivity contribution in [3.8, 4) is 5.75 Å². The third kappa shape index (κ3) is 7.77. The highest BCUT2D eigenvalue weighted by atomic mass is 35.5. The van der Waals surface area contributed by atoms with Crippen molar-refractivity contribution in [3.05, 3.63) is 102 Å². The van der Waals surface area contributed by atoms with E-state index in [1.54, 1.807) is 68.6 Å². The second kappa shape index (κ2) is 14.9. The summed E-state index contributed by atoms with van der Waals surface area (Å²) in [7, 11) is 1.59. The van der Waals surface area contributed by atoms with Gasteiger partial charge in [0.25, 0.3) is 11.8 Å². The second-order valence-electron chi connectivity index (χ2n) is 11.2. The predicted octanol–water partition coefficient (Wildman–Crippen LogP) is 5.69. The van der Waals surface area contributed by atoms with E-state index in [9.17, 15) is 32.3 Å². The van der Waals surface area contributed by atoms with Crippen molar-refractivity contribution in [2.75, 3.05) is 30.0 Å². The molecule has 1 heterocycles. The van der Waals surface area contributed by atoms with E-state index in [0.29, 0.717) is 27.9 Å². The van der Waals surface area contributed by atoms with Gasteiger partial charge in [-0.25, -0.2) is 0 Å². The Kier molecular flexibility index (Phi) is 11.1. The fourth-order valence-electron chi connectivity index (χ4n) is 5.41. The number of fused-ring (bicyclic) bond motifs is 2. The lowest BCUT2D eigenvalue weighted by atomic mass is 10.0. The number of likely N-dealkylation sites (N-methyl/N-ethyl adjacent to an activating group) is 1. The van der Waals surface area contributed by atoms with Crippen LogP contribution in [0.4, 0.5) is 24.5 Å². The maximum atomic E-state index is 14.4. The molecule has 0 saturated heterocycles. The predicted molar refractivity (Wildman–Crippen MR) is 179 cm³/mol. The third-order valence-electron chi connectivity index (χ3n) is 8.02. The van der Waals surface area contributed by atoms with Gasteiger partial charge in [0, 0.05) is 16.7 Å². The standard InChI is InChI=1S/C35H33F3N4O5.ClH/c1-21(39-3)32(44)40-28-19-42(33(45)25-14-12-23(13-15-25)22(2)43)30-11-7-6-10-29(30)41(34(28)46)18-27-26-9-5-4-8-24(26)16-17-31(27)47-20-35(36,37)38;/h4-17,21,28,39H,18-20H2,1-3H3,(H,40,44);1H/t21-,28-;/m0./s1. The minimum absolute atomic E-state index is 0. The van der Waals surface area contributed by atoms with Crippen LogP contribution in [0.3, 0.4) is 0 Å². The Bertz CT molecular complexity index is 1830. The van der Waals surface area contributed by atoms with Crippen LogP contribution in [-0.2, 0) is 16.1 Å². The first kappa shape index (κ1) is 35.9. The summed E-state index contributed by atoms with van der Waals surface area (Å²) in [5.74, 6) is -1.78. The van der Waals surface area contributed by atoms with Crippen molar-refractivity contribution in [1.29, 1.82) is 0 Å². The van der Waals surface area contributed by atoms with Crippen LogP contribution in [0.1, 0.15) is 40.1 Å². The highest BCUT2D eigenvalue weighted by Crippen LogP contribution is 2.38. The topological polar surface area (TPSA) is 108 Å². The van der Waals surface area contributed by atoms with E-state index in [1.165, 1.54) is 47.1 Å². The minimum Gasteiger partial charge on any atom is -0.484 e. The maximum absolute atomic E-state index is 14.4. The Morgan fingerprint density at radius 1 is 0.917 bits per heavy atom. The van der Waals surface area contributed by atoms with Crippen LogP contribution < -0.4 is 25.2 Å². The van der Waals surface area contributed by atoms with E-state index in [4.69, 9.17) is 4.74 Å². The molecule has 0 radical (unpaired) electrons. The molecule has 0 unspecified atom stereocenters. The first-order chi connectivity index (χ1) is 22.4. The van der Waals surface area contributed by atoms with Gasteiger partial charge in [-0.3, -0.25) is 19.2 Å². The number of hydrogen-bond donors (Lipinski definition) is 2. The molecule has 0 spiro atoms. The number of anilines is 2. The number of ether oxygens (including phenoxy) is 1. The minimum atomic E-state index is -4.60. The number of amides is 3. The molecule has 0 aliphatic carbocycles. The lowest BCUT2D eigenvalue weighted by Crippen LogP contribution is -2.55. The molecule has 252 valence electrons. The normalized spacial score (nSPS) is 15.2. The molecule has 2 atom stereocenters. The van der Waals surface area contributed by atoms with Crippen molar-refractivity contribution < 1.29 is 37.1 Å². The average Bonchev–Trinajstić information content (AvgIpc) is 3.17. The summed E-state index contributed by atoms with van der Waals surface area (Å²) in [5, 5.41) is 6.88. The number of carbonyl (C=O) groups excluding carboxylic acids is 4. The number of para-hydroxylation sites is 2. The van der Waals surface area contributed by atoms with E-state index < -0.39 is 42.6 Å². The highest BCUT2D eigenvalue weighted by molar-refractivity contribution is 6.13. The summed E-state index contributed by atoms with van der Waals surface area (Å²) in [5.41, 5.74) is 1.64. The molecule has 4 aromatic carbocycles. The molecule has 1 aliphatic rings. The number of nitrogens with one attached hydrogen (secondary N) is 2. The highest BCUT2D eigenvalue weighted by Gasteiger charge is 2.38. The third-order valence-corrected chi connectivity index (χ3v) is 8.02. The fraction of sp³-hybridized carbons (Fsp3) is 0.257. The number of ketones is 1. The van der Waals surface area contributed by atoms with Crippen molar-refractivity contribution in [1.82, 2.24) is 10.6 Å². The van der Waals surface area contributed by atoms with Gasteiger partial charge in [-0.2, -0.15) is 13.2 Å². The zero-order valence-electron chi connectivity index (χ0n) is 26.3. The van der Waals surface area contributed by atoms with Gasteiger partial charge < -0.3 is 25.2 Å². The Balaban J connectivity index is 0.00000520. The molecule has 0 aromatic heterocycles. The first-order valence-electron chi connectivity index (χ1n) is 14.9. The summed E-state index contributed by atoms with van der Waals surface area (Å²) in [4.78, 5) is 56.2. The number of rotatable bonds is 9. The monoisotopic (exact) mass is 682 g/mol. The number of halogens is 4. The molecule has 3 amide bonds. The SMILES string of the molecule is CN[C@@H](C)C(=O)N[C@H]1CN(C(=O)c2ccc(C(C)=O)cc2)c2ccccc2N(Cc2c(OCC(F)(F)F)ccc3ccccc23)C1=O.Cl. The lowest BCUT2D eigenvalue weighted by molar-refractivity contribution is -0.153. The maximum Gasteiger partial charge on any atom is 0.422 e. The van der Waals surface area contributed by atoms with E-state index >= 15 is 0 Å². The summed E-state index contributed by atoms with van der Waals surface area (Å²) < 4.78 is 45.0. The van der Waals surface area contributed by atoms with E-state index in [1.807, 2.05) is 0 Å². The van der Waals surface area contributed by atoms with Gasteiger partial charge in [-0.05, 0) is 62.0 Å². The summed E-state index contributed by atoms with van der Waals surface area (Å²) in [6.07, 6.45) is -4.60. The largest absolute Gasteiger partial charge is 0.484 e. The summed E-state index contributed by atoms with van der Waals surface area (Å²) in [6.45, 7) is 1.02. The van der Waals surface area contributed by atoms with Gasteiger partial charge >= 0.3 is 6.18 Å². The van der Waals surface area contributed by atoms with Crippen LogP contribution in [0, 0.1) is 0 Å². The molecule has 0 saturated carbocycles. The Hall–Kier alpha value is -4.94. The van der Waals surface area contributed by atoms with Gasteiger partial charge in [0.05, 0.1) is 30.5 Å². The van der Waals surface area contributed by atoms with Gasteiger partial charge in [-0.1, -0.05) is 54.6 Å². The van der Waals surface area contributed by atoms with Crippen LogP contribution >= 0.6 is 12.4 Å². The Morgan fingerprint density at radius 2 is 1.54 bits per heavy atom.